The summed E-state index contributed by atoms with van der Waals surface area (Å²) in [6.07, 6.45) is 3.61. The van der Waals surface area contributed by atoms with Crippen LogP contribution in [0.3, 0.4) is 0 Å². The average Bonchev–Trinajstić information content (AvgIpc) is 3.11. The fourth-order valence-corrected chi connectivity index (χ4v) is 2.89. The normalized spacial score (nSPS) is 18.4. The molecular formula is C17H24N4O2. The number of ether oxygens (including phenoxy) is 1. The lowest BCUT2D eigenvalue weighted by Gasteiger charge is -2.28. The standard InChI is InChI=1S/C17H24N4O2/c1-17(2,3)23-16(22)21-8-4-5-14(21)11-18-13-7-6-12-10-19-20-15(12)9-13/h6-7,9-10,14,18H,4-5,8,11H2,1-3H3,(H,19,20). The molecular weight excluding hydrogens is 292 g/mol. The molecule has 0 saturated carbocycles. The van der Waals surface area contributed by atoms with Crippen molar-refractivity contribution in [3.63, 3.8) is 0 Å². The van der Waals surface area contributed by atoms with E-state index in [1.54, 1.807) is 6.20 Å². The lowest BCUT2D eigenvalue weighted by atomic mass is 10.2. The SMILES string of the molecule is CC(C)(C)OC(=O)N1CCCC1CNc1ccc2cn[nH]c2c1. The minimum Gasteiger partial charge on any atom is -0.444 e. The van der Waals surface area contributed by atoms with E-state index in [-0.39, 0.29) is 12.1 Å². The van der Waals surface area contributed by atoms with Gasteiger partial charge in [-0.25, -0.2) is 4.79 Å². The number of likely N-dealkylation sites (tertiary alicyclic amines) is 1. The van der Waals surface area contributed by atoms with Crippen LogP contribution in [0.25, 0.3) is 10.9 Å². The number of amides is 1. The molecule has 3 rings (SSSR count). The number of H-pyrrole nitrogens is 1. The van der Waals surface area contributed by atoms with Crippen LogP contribution in [0.2, 0.25) is 0 Å². The highest BCUT2D eigenvalue weighted by Gasteiger charge is 2.31. The maximum Gasteiger partial charge on any atom is 0.410 e. The van der Waals surface area contributed by atoms with Gasteiger partial charge in [-0.15, -0.1) is 0 Å². The highest BCUT2D eigenvalue weighted by molar-refractivity contribution is 5.81. The third-order valence-electron chi connectivity index (χ3n) is 3.99. The van der Waals surface area contributed by atoms with Gasteiger partial charge in [-0.3, -0.25) is 5.10 Å². The molecule has 1 unspecified atom stereocenters. The number of hydrogen-bond donors (Lipinski definition) is 2. The predicted molar refractivity (Wildman–Crippen MR) is 90.5 cm³/mol. The molecule has 0 radical (unpaired) electrons. The smallest absolute Gasteiger partial charge is 0.410 e. The van der Waals surface area contributed by atoms with Crippen LogP contribution >= 0.6 is 0 Å². The Morgan fingerprint density at radius 3 is 3.09 bits per heavy atom. The van der Waals surface area contributed by atoms with Crippen molar-refractivity contribution in [2.75, 3.05) is 18.4 Å². The summed E-state index contributed by atoms with van der Waals surface area (Å²) in [5, 5.41) is 11.5. The molecule has 1 fully saturated rings. The van der Waals surface area contributed by atoms with Crippen LogP contribution in [0, 0.1) is 0 Å². The Balaban J connectivity index is 1.61. The van der Waals surface area contributed by atoms with E-state index in [2.05, 4.69) is 15.5 Å². The minimum atomic E-state index is -0.455. The summed E-state index contributed by atoms with van der Waals surface area (Å²) in [7, 11) is 0. The van der Waals surface area contributed by atoms with Gasteiger partial charge in [0.2, 0.25) is 0 Å². The predicted octanol–water partition coefficient (Wildman–Crippen LogP) is 3.37. The summed E-state index contributed by atoms with van der Waals surface area (Å²) in [5.41, 5.74) is 1.58. The molecule has 1 atom stereocenters. The molecule has 124 valence electrons. The van der Waals surface area contributed by atoms with E-state index in [0.29, 0.717) is 0 Å². The van der Waals surface area contributed by atoms with E-state index in [1.807, 2.05) is 43.9 Å². The molecule has 6 heteroatoms. The van der Waals surface area contributed by atoms with E-state index in [9.17, 15) is 4.79 Å². The summed E-state index contributed by atoms with van der Waals surface area (Å²) in [6, 6.07) is 6.27. The van der Waals surface area contributed by atoms with Gasteiger partial charge in [0.1, 0.15) is 5.60 Å². The van der Waals surface area contributed by atoms with E-state index in [1.165, 1.54) is 0 Å². The molecule has 1 aromatic heterocycles. The highest BCUT2D eigenvalue weighted by Crippen LogP contribution is 2.22. The summed E-state index contributed by atoms with van der Waals surface area (Å²) in [4.78, 5) is 14.1. The Labute approximate surface area is 136 Å². The number of aromatic amines is 1. The molecule has 0 bridgehead atoms. The van der Waals surface area contributed by atoms with Crippen molar-refractivity contribution in [2.45, 2.75) is 45.3 Å². The van der Waals surface area contributed by atoms with Crippen molar-refractivity contribution in [2.24, 2.45) is 0 Å². The quantitative estimate of drug-likeness (QED) is 0.911. The van der Waals surface area contributed by atoms with Crippen LogP contribution in [0.15, 0.2) is 24.4 Å². The Hall–Kier alpha value is -2.24. The third-order valence-corrected chi connectivity index (χ3v) is 3.99. The molecule has 23 heavy (non-hydrogen) atoms. The first-order valence-corrected chi connectivity index (χ1v) is 8.09. The van der Waals surface area contributed by atoms with Gasteiger partial charge in [-0.2, -0.15) is 5.10 Å². The number of fused-ring (bicyclic) bond motifs is 1. The highest BCUT2D eigenvalue weighted by atomic mass is 16.6. The van der Waals surface area contributed by atoms with Crippen LogP contribution in [-0.2, 0) is 4.74 Å². The number of carbonyl (C=O) groups is 1. The number of nitrogens with one attached hydrogen (secondary N) is 2. The summed E-state index contributed by atoms with van der Waals surface area (Å²) >= 11 is 0. The summed E-state index contributed by atoms with van der Waals surface area (Å²) in [6.45, 7) is 7.18. The lowest BCUT2D eigenvalue weighted by molar-refractivity contribution is 0.0235. The van der Waals surface area contributed by atoms with Crippen molar-refractivity contribution in [1.29, 1.82) is 0 Å². The Kier molecular flexibility index (Phi) is 4.15. The van der Waals surface area contributed by atoms with E-state index in [0.717, 1.165) is 42.5 Å². The van der Waals surface area contributed by atoms with Crippen LogP contribution < -0.4 is 5.32 Å². The maximum absolute atomic E-state index is 12.3. The molecule has 0 aliphatic carbocycles. The number of anilines is 1. The minimum absolute atomic E-state index is 0.169. The zero-order valence-electron chi connectivity index (χ0n) is 13.9. The van der Waals surface area contributed by atoms with Gasteiger partial charge in [0.05, 0.1) is 17.8 Å². The van der Waals surface area contributed by atoms with E-state index in [4.69, 9.17) is 4.74 Å². The number of hydrogen-bond acceptors (Lipinski definition) is 4. The number of nitrogens with zero attached hydrogens (tertiary/aromatic N) is 2. The summed E-state index contributed by atoms with van der Waals surface area (Å²) < 4.78 is 5.50. The van der Waals surface area contributed by atoms with Crippen molar-refractivity contribution in [3.8, 4) is 0 Å². The zero-order valence-corrected chi connectivity index (χ0v) is 13.9. The van der Waals surface area contributed by atoms with Gasteiger partial charge in [-0.05, 0) is 51.8 Å². The van der Waals surface area contributed by atoms with Crippen LogP contribution in [-0.4, -0.2) is 45.9 Å². The first kappa shape index (κ1) is 15.6. The second kappa shape index (κ2) is 6.10. The molecule has 2 heterocycles. The zero-order chi connectivity index (χ0) is 16.4. The van der Waals surface area contributed by atoms with Gasteiger partial charge in [0.15, 0.2) is 0 Å². The largest absolute Gasteiger partial charge is 0.444 e. The number of aromatic nitrogens is 2. The molecule has 1 aliphatic heterocycles. The third kappa shape index (κ3) is 3.75. The molecule has 1 aromatic carbocycles. The summed E-state index contributed by atoms with van der Waals surface area (Å²) in [5.74, 6) is 0. The first-order chi connectivity index (χ1) is 10.9. The van der Waals surface area contributed by atoms with Crippen molar-refractivity contribution in [3.05, 3.63) is 24.4 Å². The van der Waals surface area contributed by atoms with E-state index >= 15 is 0 Å². The van der Waals surface area contributed by atoms with Gasteiger partial charge in [0, 0.05) is 24.2 Å². The van der Waals surface area contributed by atoms with Gasteiger partial charge in [0.25, 0.3) is 0 Å². The molecule has 2 N–H and O–H groups in total. The lowest BCUT2D eigenvalue weighted by Crippen LogP contribution is -2.42. The van der Waals surface area contributed by atoms with Gasteiger partial charge >= 0.3 is 6.09 Å². The van der Waals surface area contributed by atoms with Crippen LogP contribution in [0.5, 0.6) is 0 Å². The molecule has 0 spiro atoms. The van der Waals surface area contributed by atoms with Gasteiger partial charge in [-0.1, -0.05) is 0 Å². The van der Waals surface area contributed by atoms with Crippen molar-refractivity contribution < 1.29 is 9.53 Å². The fourth-order valence-electron chi connectivity index (χ4n) is 2.89. The second-order valence-corrected chi connectivity index (χ2v) is 7.02. The number of carbonyl (C=O) groups excluding carboxylic acids is 1. The topological polar surface area (TPSA) is 70.2 Å². The van der Waals surface area contributed by atoms with Crippen LogP contribution in [0.1, 0.15) is 33.6 Å². The monoisotopic (exact) mass is 316 g/mol. The van der Waals surface area contributed by atoms with Crippen LogP contribution in [0.4, 0.5) is 10.5 Å². The first-order valence-electron chi connectivity index (χ1n) is 8.09. The number of rotatable bonds is 3. The Morgan fingerprint density at radius 2 is 2.30 bits per heavy atom. The van der Waals surface area contributed by atoms with E-state index < -0.39 is 5.60 Å². The number of benzene rings is 1. The molecule has 6 nitrogen and oxygen atoms in total. The fraction of sp³-hybridized carbons (Fsp3) is 0.529. The Bertz CT molecular complexity index is 689. The van der Waals surface area contributed by atoms with Crippen molar-refractivity contribution >= 4 is 22.7 Å². The molecule has 2 aromatic rings. The maximum atomic E-state index is 12.3. The van der Waals surface area contributed by atoms with Gasteiger partial charge < -0.3 is 15.0 Å². The van der Waals surface area contributed by atoms with Crippen molar-refractivity contribution in [1.82, 2.24) is 15.1 Å². The second-order valence-electron chi connectivity index (χ2n) is 7.02. The Morgan fingerprint density at radius 1 is 1.48 bits per heavy atom. The average molecular weight is 316 g/mol. The molecule has 1 aliphatic rings. The molecule has 1 saturated heterocycles. The molecule has 1 amide bonds.